The molecule has 0 saturated heterocycles. The molecular weight excluding hydrogens is 793 g/mol. The summed E-state index contributed by atoms with van der Waals surface area (Å²) in [5.74, 6) is 0. The predicted molar refractivity (Wildman–Crippen MR) is 284 cm³/mol. The minimum atomic E-state index is 1.16. The van der Waals surface area contributed by atoms with E-state index < -0.39 is 0 Å². The van der Waals surface area contributed by atoms with Gasteiger partial charge in [0, 0.05) is 0 Å². The van der Waals surface area contributed by atoms with Gasteiger partial charge in [-0.25, -0.2) is 0 Å². The second-order valence-corrected chi connectivity index (χ2v) is 17.2. The second kappa shape index (κ2) is 16.8. The first-order valence-electron chi connectivity index (χ1n) is 22.8. The van der Waals surface area contributed by atoms with E-state index in [1.54, 1.807) is 0 Å². The van der Waals surface area contributed by atoms with E-state index in [1.165, 1.54) is 110 Å². The molecule has 0 unspecified atom stereocenters. The number of fused-ring (bicyclic) bond motifs is 4. The van der Waals surface area contributed by atoms with Gasteiger partial charge < -0.3 is 0 Å². The zero-order valence-electron chi connectivity index (χ0n) is 36.4. The average molecular weight is 837 g/mol. The van der Waals surface area contributed by atoms with Crippen molar-refractivity contribution < 1.29 is 0 Å². The maximum absolute atomic E-state index is 2.40. The van der Waals surface area contributed by atoms with Crippen molar-refractivity contribution in [2.75, 3.05) is 0 Å². The summed E-state index contributed by atoms with van der Waals surface area (Å²) in [5.41, 5.74) is 17.1. The molecule has 0 N–H and O–H groups in total. The van der Waals surface area contributed by atoms with Crippen LogP contribution in [0, 0.1) is 0 Å². The Kier molecular flexibility index (Phi) is 9.97. The van der Waals surface area contributed by atoms with E-state index in [2.05, 4.69) is 267 Å². The van der Waals surface area contributed by atoms with E-state index in [0.29, 0.717) is 0 Å². The van der Waals surface area contributed by atoms with Gasteiger partial charge in [-0.15, -0.1) is 0 Å². The molecule has 0 aliphatic heterocycles. The Morgan fingerprint density at radius 2 is 0.500 bits per heavy atom. The SMILES string of the molecule is C(=Cc1cccc(-c2ccc3c(-c4ccccc4)c4ccccc4c(-c4ccccc4)c3c2)c1)c1ccc(-c2cccc(-c3c4ccccc4c(-c4ccccc4)c4ccccc34)c2)cc1. The highest BCUT2D eigenvalue weighted by Gasteiger charge is 2.19. The van der Waals surface area contributed by atoms with Gasteiger partial charge in [0.15, 0.2) is 0 Å². The zero-order chi connectivity index (χ0) is 43.8. The van der Waals surface area contributed by atoms with Crippen molar-refractivity contribution >= 4 is 55.2 Å². The summed E-state index contributed by atoms with van der Waals surface area (Å²) in [4.78, 5) is 0. The first-order valence-corrected chi connectivity index (χ1v) is 22.8. The van der Waals surface area contributed by atoms with Crippen LogP contribution in [0.5, 0.6) is 0 Å². The number of rotatable bonds is 8. The van der Waals surface area contributed by atoms with Crippen LogP contribution in [0.15, 0.2) is 255 Å². The molecule has 0 aliphatic carbocycles. The summed E-state index contributed by atoms with van der Waals surface area (Å²) >= 11 is 0. The van der Waals surface area contributed by atoms with Crippen LogP contribution in [0.1, 0.15) is 11.1 Å². The summed E-state index contributed by atoms with van der Waals surface area (Å²) in [5, 5.41) is 10.1. The summed E-state index contributed by atoms with van der Waals surface area (Å²) < 4.78 is 0. The van der Waals surface area contributed by atoms with Crippen molar-refractivity contribution in [1.29, 1.82) is 0 Å². The van der Waals surface area contributed by atoms with E-state index in [1.807, 2.05) is 0 Å². The van der Waals surface area contributed by atoms with Crippen molar-refractivity contribution in [3.63, 3.8) is 0 Å². The molecule has 0 spiro atoms. The molecule has 0 aliphatic rings. The Labute approximate surface area is 386 Å². The Morgan fingerprint density at radius 3 is 1.00 bits per heavy atom. The minimum Gasteiger partial charge on any atom is -0.0622 e. The fraction of sp³-hybridized carbons (Fsp3) is 0. The standard InChI is InChI=1S/C66H44/c1-4-19-48(20-5-1)63-56-29-11-14-32-59(56)66(60-33-15-12-30-57(60)63)54-27-17-26-52(43-54)47-38-36-45(37-39-47)34-35-46-18-16-25-51(42-46)53-40-41-61-62(44-53)65(50-23-8-3-9-24-50)58-31-13-10-28-55(58)64(61)49-21-6-2-7-22-49/h1-44H. The third kappa shape index (κ3) is 7.06. The summed E-state index contributed by atoms with van der Waals surface area (Å²) in [6.45, 7) is 0. The lowest BCUT2D eigenvalue weighted by atomic mass is 9.85. The van der Waals surface area contributed by atoms with Crippen LogP contribution < -0.4 is 0 Å². The van der Waals surface area contributed by atoms with Crippen molar-refractivity contribution in [1.82, 2.24) is 0 Å². The Morgan fingerprint density at radius 1 is 0.167 bits per heavy atom. The third-order valence-corrected chi connectivity index (χ3v) is 13.2. The summed E-state index contributed by atoms with van der Waals surface area (Å²) in [6, 6.07) is 93.0. The van der Waals surface area contributed by atoms with Gasteiger partial charge in [0.2, 0.25) is 0 Å². The lowest BCUT2D eigenvalue weighted by Gasteiger charge is -2.18. The Bertz CT molecular complexity index is 3710. The molecule has 0 nitrogen and oxygen atoms in total. The quantitative estimate of drug-likeness (QED) is 0.106. The smallest absolute Gasteiger partial charge is 0.00262 e. The largest absolute Gasteiger partial charge is 0.0622 e. The fourth-order valence-corrected chi connectivity index (χ4v) is 10.2. The monoisotopic (exact) mass is 836 g/mol. The van der Waals surface area contributed by atoms with Gasteiger partial charge >= 0.3 is 0 Å². The average Bonchev–Trinajstić information content (AvgIpc) is 3.39. The number of benzene rings is 12. The van der Waals surface area contributed by atoms with Gasteiger partial charge in [-0.3, -0.25) is 0 Å². The molecule has 12 aromatic carbocycles. The Balaban J connectivity index is 0.871. The molecule has 0 fully saturated rings. The number of hydrogen-bond acceptors (Lipinski definition) is 0. The van der Waals surface area contributed by atoms with Gasteiger partial charge in [0.25, 0.3) is 0 Å². The van der Waals surface area contributed by atoms with Gasteiger partial charge in [0.1, 0.15) is 0 Å². The fourth-order valence-electron chi connectivity index (χ4n) is 10.2. The first kappa shape index (κ1) is 39.0. The minimum absolute atomic E-state index is 1.16. The van der Waals surface area contributed by atoms with Gasteiger partial charge in [-0.05, 0) is 139 Å². The van der Waals surface area contributed by atoms with Crippen LogP contribution >= 0.6 is 0 Å². The molecule has 0 saturated carbocycles. The van der Waals surface area contributed by atoms with Crippen LogP contribution in [0.3, 0.4) is 0 Å². The van der Waals surface area contributed by atoms with Gasteiger partial charge in [-0.1, -0.05) is 249 Å². The van der Waals surface area contributed by atoms with E-state index in [-0.39, 0.29) is 0 Å². The van der Waals surface area contributed by atoms with Crippen LogP contribution in [0.2, 0.25) is 0 Å². The molecule has 12 aromatic rings. The predicted octanol–water partition coefficient (Wildman–Crippen LogP) is 18.5. The van der Waals surface area contributed by atoms with E-state index in [4.69, 9.17) is 0 Å². The first-order chi connectivity index (χ1) is 32.7. The molecule has 12 rings (SSSR count). The van der Waals surface area contributed by atoms with Crippen molar-refractivity contribution in [3.8, 4) is 66.8 Å². The highest BCUT2D eigenvalue weighted by molar-refractivity contribution is 6.23. The molecule has 0 radical (unpaired) electrons. The topological polar surface area (TPSA) is 0 Å². The maximum Gasteiger partial charge on any atom is -0.00262 e. The van der Waals surface area contributed by atoms with E-state index >= 15 is 0 Å². The number of hydrogen-bond donors (Lipinski definition) is 0. The molecule has 0 heterocycles. The zero-order valence-corrected chi connectivity index (χ0v) is 36.4. The highest BCUT2D eigenvalue weighted by Crippen LogP contribution is 2.46. The van der Waals surface area contributed by atoms with Crippen molar-refractivity contribution in [2.24, 2.45) is 0 Å². The molecule has 0 aromatic heterocycles. The lowest BCUT2D eigenvalue weighted by Crippen LogP contribution is -1.91. The molecule has 66 heavy (non-hydrogen) atoms. The van der Waals surface area contributed by atoms with Crippen LogP contribution in [0.25, 0.3) is 122 Å². The maximum atomic E-state index is 2.40. The summed E-state index contributed by atoms with van der Waals surface area (Å²) in [7, 11) is 0. The van der Waals surface area contributed by atoms with Crippen LogP contribution in [-0.4, -0.2) is 0 Å². The van der Waals surface area contributed by atoms with Crippen molar-refractivity contribution in [2.45, 2.75) is 0 Å². The molecule has 308 valence electrons. The van der Waals surface area contributed by atoms with Crippen molar-refractivity contribution in [3.05, 3.63) is 266 Å². The van der Waals surface area contributed by atoms with E-state index in [9.17, 15) is 0 Å². The molecule has 0 atom stereocenters. The second-order valence-electron chi connectivity index (χ2n) is 17.2. The lowest BCUT2D eigenvalue weighted by molar-refractivity contribution is 1.59. The Hall–Kier alpha value is -8.58. The van der Waals surface area contributed by atoms with E-state index in [0.717, 1.165) is 11.1 Å². The molecular formula is C66H44. The molecule has 0 bridgehead atoms. The molecule has 0 amide bonds. The third-order valence-electron chi connectivity index (χ3n) is 13.2. The molecule has 0 heteroatoms. The highest BCUT2D eigenvalue weighted by atomic mass is 14.2. The van der Waals surface area contributed by atoms with Gasteiger partial charge in [-0.2, -0.15) is 0 Å². The van der Waals surface area contributed by atoms with Crippen LogP contribution in [-0.2, 0) is 0 Å². The van der Waals surface area contributed by atoms with Crippen LogP contribution in [0.4, 0.5) is 0 Å². The normalized spacial score (nSPS) is 11.6. The summed E-state index contributed by atoms with van der Waals surface area (Å²) in [6.07, 6.45) is 4.45. The van der Waals surface area contributed by atoms with Gasteiger partial charge in [0.05, 0.1) is 0 Å².